The lowest BCUT2D eigenvalue weighted by Crippen LogP contribution is -2.44. The third-order valence-corrected chi connectivity index (χ3v) is 1.21. The number of nitrogens with two attached hydrogens (primary N) is 1. The molecule has 1 atom stereocenters. The van der Waals surface area contributed by atoms with Crippen molar-refractivity contribution < 1.29 is 31.9 Å². The average Bonchev–Trinajstić information content (AvgIpc) is 1.83. The fourth-order valence-corrected chi connectivity index (χ4v) is 0.479. The van der Waals surface area contributed by atoms with E-state index in [2.05, 4.69) is 5.73 Å². The first-order valence-electron chi connectivity index (χ1n) is 3.01. The second-order valence-corrected chi connectivity index (χ2v) is 2.35. The summed E-state index contributed by atoms with van der Waals surface area (Å²) in [6, 6.07) is -2.23. The molecular weight excluding hydrogens is 201 g/mol. The molecule has 0 aliphatic carbocycles. The number of hydrogen-bond acceptors (Lipinski definition) is 2. The first-order chi connectivity index (χ1) is 5.58. The fourth-order valence-electron chi connectivity index (χ4n) is 0.479. The molecule has 8 heteroatoms. The predicted molar refractivity (Wildman–Crippen MR) is 31.2 cm³/mol. The van der Waals surface area contributed by atoms with Crippen molar-refractivity contribution in [1.29, 1.82) is 0 Å². The van der Waals surface area contributed by atoms with E-state index in [0.717, 1.165) is 0 Å². The molecule has 0 aromatic rings. The van der Waals surface area contributed by atoms with Gasteiger partial charge in [-0.25, -0.2) is 0 Å². The van der Waals surface area contributed by atoms with Crippen molar-refractivity contribution in [2.24, 2.45) is 5.73 Å². The minimum atomic E-state index is -5.76. The Labute approximate surface area is 69.3 Å². The van der Waals surface area contributed by atoms with E-state index in [1.165, 1.54) is 0 Å². The van der Waals surface area contributed by atoms with Crippen molar-refractivity contribution in [3.63, 3.8) is 0 Å². The van der Waals surface area contributed by atoms with Crippen LogP contribution in [0.25, 0.3) is 0 Å². The summed E-state index contributed by atoms with van der Waals surface area (Å²) >= 11 is 0. The molecule has 0 aromatic carbocycles. The van der Waals surface area contributed by atoms with Crippen LogP contribution in [0.2, 0.25) is 0 Å². The number of carbonyl (C=O) groups is 1. The molecule has 0 rings (SSSR count). The minimum absolute atomic E-state index is 1.90. The van der Waals surface area contributed by atoms with Gasteiger partial charge in [0.1, 0.15) is 6.04 Å². The van der Waals surface area contributed by atoms with Crippen molar-refractivity contribution in [1.82, 2.24) is 0 Å². The van der Waals surface area contributed by atoms with Crippen LogP contribution in [0.3, 0.4) is 0 Å². The lowest BCUT2D eigenvalue weighted by atomic mass is 10.1. The van der Waals surface area contributed by atoms with Gasteiger partial charge in [0.25, 0.3) is 0 Å². The molecule has 13 heavy (non-hydrogen) atoms. The standard InChI is InChI=1S/C5H6F5NO2/c6-4(7,5(8,9)10)1-2(11)3(12)13/h2H,1,11H2,(H,12,13). The van der Waals surface area contributed by atoms with E-state index in [0.29, 0.717) is 0 Å². The molecule has 3 nitrogen and oxygen atoms in total. The minimum Gasteiger partial charge on any atom is -0.480 e. The molecule has 0 amide bonds. The zero-order chi connectivity index (χ0) is 10.9. The number of rotatable bonds is 3. The maximum atomic E-state index is 12.1. The average molecular weight is 207 g/mol. The molecule has 0 saturated carbocycles. The monoisotopic (exact) mass is 207 g/mol. The van der Waals surface area contributed by atoms with Gasteiger partial charge >= 0.3 is 18.1 Å². The van der Waals surface area contributed by atoms with Crippen LogP contribution >= 0.6 is 0 Å². The maximum Gasteiger partial charge on any atom is 0.453 e. The van der Waals surface area contributed by atoms with E-state index in [1.807, 2.05) is 0 Å². The van der Waals surface area contributed by atoms with Crippen molar-refractivity contribution in [2.75, 3.05) is 0 Å². The molecule has 0 aliphatic heterocycles. The second-order valence-electron chi connectivity index (χ2n) is 2.35. The van der Waals surface area contributed by atoms with Crippen molar-refractivity contribution in [2.45, 2.75) is 24.6 Å². The summed E-state index contributed by atoms with van der Waals surface area (Å²) in [5.74, 6) is -6.96. The molecule has 0 spiro atoms. The summed E-state index contributed by atoms with van der Waals surface area (Å²) in [5.41, 5.74) is 4.52. The first-order valence-corrected chi connectivity index (χ1v) is 3.01. The molecule has 0 bridgehead atoms. The quantitative estimate of drug-likeness (QED) is 0.678. The highest BCUT2D eigenvalue weighted by atomic mass is 19.4. The summed E-state index contributed by atoms with van der Waals surface area (Å²) in [7, 11) is 0. The molecule has 0 aromatic heterocycles. The third-order valence-electron chi connectivity index (χ3n) is 1.21. The topological polar surface area (TPSA) is 63.3 Å². The molecule has 78 valence electrons. The summed E-state index contributed by atoms with van der Waals surface area (Å²) < 4.78 is 58.5. The Hall–Kier alpha value is -0.920. The number of alkyl halides is 5. The van der Waals surface area contributed by atoms with Gasteiger partial charge in [-0.05, 0) is 0 Å². The van der Waals surface area contributed by atoms with Crippen LogP contribution in [0.1, 0.15) is 6.42 Å². The van der Waals surface area contributed by atoms with Crippen LogP contribution in [0.4, 0.5) is 22.0 Å². The Morgan fingerprint density at radius 1 is 1.31 bits per heavy atom. The van der Waals surface area contributed by atoms with Gasteiger partial charge in [0, 0.05) is 6.42 Å². The van der Waals surface area contributed by atoms with Gasteiger partial charge in [0.15, 0.2) is 0 Å². The smallest absolute Gasteiger partial charge is 0.453 e. The van der Waals surface area contributed by atoms with Crippen LogP contribution in [0, 0.1) is 0 Å². The zero-order valence-corrected chi connectivity index (χ0v) is 6.11. The van der Waals surface area contributed by atoms with E-state index in [4.69, 9.17) is 5.11 Å². The maximum absolute atomic E-state index is 12.1. The zero-order valence-electron chi connectivity index (χ0n) is 6.11. The Morgan fingerprint density at radius 3 is 1.92 bits per heavy atom. The van der Waals surface area contributed by atoms with E-state index < -0.39 is 30.5 Å². The van der Waals surface area contributed by atoms with Crippen molar-refractivity contribution in [3.05, 3.63) is 0 Å². The van der Waals surface area contributed by atoms with Gasteiger partial charge in [-0.3, -0.25) is 4.79 Å². The van der Waals surface area contributed by atoms with Crippen LogP contribution in [-0.4, -0.2) is 29.2 Å². The molecule has 0 fully saturated rings. The number of halogens is 5. The fraction of sp³-hybridized carbons (Fsp3) is 0.800. The Balaban J connectivity index is 4.43. The molecule has 1 unspecified atom stereocenters. The van der Waals surface area contributed by atoms with Crippen molar-refractivity contribution >= 4 is 5.97 Å². The molecule has 0 aliphatic rings. The van der Waals surface area contributed by atoms with Crippen molar-refractivity contribution in [3.8, 4) is 0 Å². The summed E-state index contributed by atoms with van der Waals surface area (Å²) in [6.45, 7) is 0. The van der Waals surface area contributed by atoms with Gasteiger partial charge in [-0.2, -0.15) is 22.0 Å². The second kappa shape index (κ2) is 3.44. The van der Waals surface area contributed by atoms with E-state index in [1.54, 1.807) is 0 Å². The SMILES string of the molecule is NC(CC(F)(F)C(F)(F)F)C(=O)O. The Bertz CT molecular complexity index is 202. The molecular formula is C5H6F5NO2. The third kappa shape index (κ3) is 3.13. The van der Waals surface area contributed by atoms with Crippen LogP contribution < -0.4 is 5.73 Å². The number of aliphatic carboxylic acids is 1. The van der Waals surface area contributed by atoms with Gasteiger partial charge in [-0.1, -0.05) is 0 Å². The van der Waals surface area contributed by atoms with Crippen LogP contribution in [0.15, 0.2) is 0 Å². The largest absolute Gasteiger partial charge is 0.480 e. The van der Waals surface area contributed by atoms with Gasteiger partial charge in [-0.15, -0.1) is 0 Å². The number of carboxylic acids is 1. The molecule has 0 saturated heterocycles. The van der Waals surface area contributed by atoms with Crippen LogP contribution in [-0.2, 0) is 4.79 Å². The summed E-state index contributed by atoms with van der Waals surface area (Å²) in [5, 5.41) is 7.99. The van der Waals surface area contributed by atoms with E-state index in [9.17, 15) is 26.7 Å². The summed E-state index contributed by atoms with van der Waals surface area (Å²) in [4.78, 5) is 9.88. The predicted octanol–water partition coefficient (Wildman–Crippen LogP) is 0.986. The van der Waals surface area contributed by atoms with E-state index in [-0.39, 0.29) is 0 Å². The molecule has 0 radical (unpaired) electrons. The lowest BCUT2D eigenvalue weighted by Gasteiger charge is -2.20. The Morgan fingerprint density at radius 2 is 1.69 bits per heavy atom. The highest BCUT2D eigenvalue weighted by Crippen LogP contribution is 2.38. The highest BCUT2D eigenvalue weighted by molar-refractivity contribution is 5.73. The normalized spacial score (nSPS) is 15.5. The van der Waals surface area contributed by atoms with Gasteiger partial charge in [0.2, 0.25) is 0 Å². The lowest BCUT2D eigenvalue weighted by molar-refractivity contribution is -0.285. The summed E-state index contributed by atoms with van der Waals surface area (Å²) in [6.07, 6.45) is -7.72. The molecule has 3 N–H and O–H groups in total. The van der Waals surface area contributed by atoms with E-state index >= 15 is 0 Å². The Kier molecular flexibility index (Phi) is 3.20. The first kappa shape index (κ1) is 12.1. The highest BCUT2D eigenvalue weighted by Gasteiger charge is 2.58. The number of hydrogen-bond donors (Lipinski definition) is 2. The number of carboxylic acid groups (broad SMARTS) is 1. The van der Waals surface area contributed by atoms with Gasteiger partial charge in [0.05, 0.1) is 0 Å². The molecule has 0 heterocycles. The van der Waals surface area contributed by atoms with Gasteiger partial charge < -0.3 is 10.8 Å². The van der Waals surface area contributed by atoms with Crippen LogP contribution in [0.5, 0.6) is 0 Å².